The van der Waals surface area contributed by atoms with Gasteiger partial charge in [0.1, 0.15) is 11.6 Å². The van der Waals surface area contributed by atoms with E-state index in [1.165, 1.54) is 6.07 Å². The van der Waals surface area contributed by atoms with Gasteiger partial charge in [-0.1, -0.05) is 30.3 Å². The van der Waals surface area contributed by atoms with Gasteiger partial charge in [0.05, 0.1) is 11.0 Å². The van der Waals surface area contributed by atoms with Crippen LogP contribution in [-0.4, -0.2) is 22.4 Å². The summed E-state index contributed by atoms with van der Waals surface area (Å²) in [5.41, 5.74) is 2.59. The van der Waals surface area contributed by atoms with E-state index in [9.17, 15) is 9.18 Å². The number of nitrogens with zero attached hydrogens (tertiary/aromatic N) is 1. The molecule has 5 heteroatoms. The number of hydrogen-bond donors (Lipinski definition) is 2. The summed E-state index contributed by atoms with van der Waals surface area (Å²) in [7, 11) is 0. The Morgan fingerprint density at radius 3 is 2.71 bits per heavy atom. The Morgan fingerprint density at radius 1 is 1.08 bits per heavy atom. The number of nitrogens with one attached hydrogen (secondary N) is 2. The Morgan fingerprint density at radius 2 is 1.88 bits per heavy atom. The number of H-pyrrole nitrogens is 1. The topological polar surface area (TPSA) is 57.8 Å². The summed E-state index contributed by atoms with van der Waals surface area (Å²) in [6.07, 6.45) is 2.40. The highest BCUT2D eigenvalue weighted by molar-refractivity contribution is 5.76. The molecule has 0 radical (unpaired) electrons. The van der Waals surface area contributed by atoms with Gasteiger partial charge in [-0.3, -0.25) is 4.79 Å². The summed E-state index contributed by atoms with van der Waals surface area (Å²) in [6.45, 7) is 0.449. The second-order valence-electron chi connectivity index (χ2n) is 5.75. The van der Waals surface area contributed by atoms with Crippen molar-refractivity contribution in [1.82, 2.24) is 15.3 Å². The maximum absolute atomic E-state index is 13.5. The monoisotopic (exact) mass is 325 g/mol. The van der Waals surface area contributed by atoms with Gasteiger partial charge in [0.2, 0.25) is 5.91 Å². The molecule has 2 aromatic carbocycles. The minimum absolute atomic E-state index is 0.0116. The summed E-state index contributed by atoms with van der Waals surface area (Å²) >= 11 is 0. The smallest absolute Gasteiger partial charge is 0.220 e. The number of fused-ring (bicyclic) bond motifs is 1. The highest BCUT2D eigenvalue weighted by atomic mass is 19.1. The zero-order valence-electron chi connectivity index (χ0n) is 13.4. The van der Waals surface area contributed by atoms with Crippen LogP contribution in [0.15, 0.2) is 48.5 Å². The Balaban J connectivity index is 1.39. The highest BCUT2D eigenvalue weighted by Crippen LogP contribution is 2.12. The normalized spacial score (nSPS) is 10.9. The predicted octanol–water partition coefficient (Wildman–Crippen LogP) is 3.38. The number of carbonyl (C=O) groups excluding carboxylic acids is 1. The molecule has 0 saturated heterocycles. The van der Waals surface area contributed by atoms with Crippen molar-refractivity contribution in [3.8, 4) is 0 Å². The molecule has 1 aromatic heterocycles. The van der Waals surface area contributed by atoms with Crippen LogP contribution in [0, 0.1) is 5.82 Å². The van der Waals surface area contributed by atoms with Gasteiger partial charge in [0.15, 0.2) is 0 Å². The zero-order valence-corrected chi connectivity index (χ0v) is 13.4. The first-order valence-corrected chi connectivity index (χ1v) is 8.16. The summed E-state index contributed by atoms with van der Waals surface area (Å²) in [6, 6.07) is 14.5. The van der Waals surface area contributed by atoms with E-state index in [2.05, 4.69) is 15.3 Å². The van der Waals surface area contributed by atoms with Crippen LogP contribution in [0.2, 0.25) is 0 Å². The molecule has 0 aliphatic carbocycles. The first-order valence-electron chi connectivity index (χ1n) is 8.16. The van der Waals surface area contributed by atoms with Crippen molar-refractivity contribution in [3.05, 3.63) is 65.7 Å². The van der Waals surface area contributed by atoms with Crippen LogP contribution >= 0.6 is 0 Å². The van der Waals surface area contributed by atoms with Gasteiger partial charge >= 0.3 is 0 Å². The van der Waals surface area contributed by atoms with Crippen LogP contribution in [0.1, 0.15) is 24.2 Å². The molecule has 0 fully saturated rings. The molecule has 0 aliphatic rings. The third-order valence-electron chi connectivity index (χ3n) is 3.93. The molecule has 0 aliphatic heterocycles. The number of aromatic nitrogens is 2. The van der Waals surface area contributed by atoms with Crippen molar-refractivity contribution in [2.45, 2.75) is 25.7 Å². The zero-order chi connectivity index (χ0) is 16.8. The molecular formula is C19H20FN3O. The molecular weight excluding hydrogens is 305 g/mol. The van der Waals surface area contributed by atoms with Gasteiger partial charge in [-0.05, 0) is 36.6 Å². The van der Waals surface area contributed by atoms with Gasteiger partial charge < -0.3 is 10.3 Å². The number of rotatable bonds is 7. The molecule has 0 unspecified atom stereocenters. The summed E-state index contributed by atoms with van der Waals surface area (Å²) in [5.74, 6) is 0.662. The van der Waals surface area contributed by atoms with Gasteiger partial charge in [-0.2, -0.15) is 0 Å². The third kappa shape index (κ3) is 4.19. The minimum Gasteiger partial charge on any atom is -0.356 e. The van der Waals surface area contributed by atoms with Crippen LogP contribution in [0.4, 0.5) is 4.39 Å². The van der Waals surface area contributed by atoms with E-state index >= 15 is 0 Å². The number of imidazole rings is 1. The predicted molar refractivity (Wildman–Crippen MR) is 92.1 cm³/mol. The molecule has 0 atom stereocenters. The number of hydrogen-bond acceptors (Lipinski definition) is 2. The van der Waals surface area contributed by atoms with E-state index in [0.29, 0.717) is 24.9 Å². The maximum atomic E-state index is 13.5. The van der Waals surface area contributed by atoms with E-state index in [-0.39, 0.29) is 11.7 Å². The highest BCUT2D eigenvalue weighted by Gasteiger charge is 2.06. The van der Waals surface area contributed by atoms with Crippen LogP contribution < -0.4 is 5.32 Å². The molecule has 1 amide bonds. The molecule has 3 rings (SSSR count). The Kier molecular flexibility index (Phi) is 5.21. The first kappa shape index (κ1) is 16.2. The van der Waals surface area contributed by atoms with E-state index in [1.54, 1.807) is 18.2 Å². The molecule has 24 heavy (non-hydrogen) atoms. The van der Waals surface area contributed by atoms with Crippen molar-refractivity contribution < 1.29 is 9.18 Å². The molecule has 124 valence electrons. The van der Waals surface area contributed by atoms with Crippen molar-refractivity contribution in [2.75, 3.05) is 6.54 Å². The van der Waals surface area contributed by atoms with Crippen molar-refractivity contribution in [1.29, 1.82) is 0 Å². The number of amides is 1. The van der Waals surface area contributed by atoms with Crippen LogP contribution in [0.3, 0.4) is 0 Å². The number of benzene rings is 2. The molecule has 0 saturated carbocycles. The average Bonchev–Trinajstić information content (AvgIpc) is 2.99. The van der Waals surface area contributed by atoms with Crippen LogP contribution in [-0.2, 0) is 17.6 Å². The fourth-order valence-electron chi connectivity index (χ4n) is 2.67. The number of aryl methyl sites for hydroxylation is 1. The summed E-state index contributed by atoms with van der Waals surface area (Å²) in [4.78, 5) is 19.6. The molecule has 3 aromatic rings. The van der Waals surface area contributed by atoms with Gasteiger partial charge in [-0.25, -0.2) is 9.37 Å². The average molecular weight is 325 g/mol. The molecule has 1 heterocycles. The maximum Gasteiger partial charge on any atom is 0.220 e. The van der Waals surface area contributed by atoms with E-state index in [1.807, 2.05) is 24.3 Å². The lowest BCUT2D eigenvalue weighted by Crippen LogP contribution is -2.25. The second kappa shape index (κ2) is 7.73. The summed E-state index contributed by atoms with van der Waals surface area (Å²) < 4.78 is 13.5. The fourth-order valence-corrected chi connectivity index (χ4v) is 2.67. The quantitative estimate of drug-likeness (QED) is 0.699. The first-order chi connectivity index (χ1) is 11.7. The van der Waals surface area contributed by atoms with Gasteiger partial charge in [0.25, 0.3) is 0 Å². The van der Waals surface area contributed by atoms with Crippen molar-refractivity contribution >= 4 is 16.9 Å². The van der Waals surface area contributed by atoms with Gasteiger partial charge in [0, 0.05) is 19.4 Å². The van der Waals surface area contributed by atoms with Crippen molar-refractivity contribution in [2.24, 2.45) is 0 Å². The molecule has 0 bridgehead atoms. The Bertz CT molecular complexity index is 795. The Labute approximate surface area is 140 Å². The lowest BCUT2D eigenvalue weighted by Gasteiger charge is -2.05. The van der Waals surface area contributed by atoms with E-state index in [4.69, 9.17) is 0 Å². The SMILES string of the molecule is O=C(CCCc1nc2ccccc2[nH]1)NCCc1ccccc1F. The Hall–Kier alpha value is -2.69. The molecule has 2 N–H and O–H groups in total. The third-order valence-corrected chi connectivity index (χ3v) is 3.93. The fraction of sp³-hybridized carbons (Fsp3) is 0.263. The second-order valence-corrected chi connectivity index (χ2v) is 5.75. The standard InChI is InChI=1S/C19H20FN3O/c20-15-7-2-1-6-14(15)12-13-21-19(24)11-5-10-18-22-16-8-3-4-9-17(16)23-18/h1-4,6-9H,5,10-13H2,(H,21,24)(H,22,23). The van der Waals surface area contributed by atoms with Crippen LogP contribution in [0.25, 0.3) is 11.0 Å². The molecule has 0 spiro atoms. The lowest BCUT2D eigenvalue weighted by atomic mass is 10.1. The van der Waals surface area contributed by atoms with Crippen molar-refractivity contribution in [3.63, 3.8) is 0 Å². The lowest BCUT2D eigenvalue weighted by molar-refractivity contribution is -0.121. The number of halogens is 1. The number of carbonyl (C=O) groups is 1. The number of aromatic amines is 1. The number of para-hydroxylation sites is 2. The largest absolute Gasteiger partial charge is 0.356 e. The van der Waals surface area contributed by atoms with Crippen LogP contribution in [0.5, 0.6) is 0 Å². The van der Waals surface area contributed by atoms with E-state index in [0.717, 1.165) is 29.7 Å². The summed E-state index contributed by atoms with van der Waals surface area (Å²) in [5, 5.41) is 2.84. The van der Waals surface area contributed by atoms with E-state index < -0.39 is 0 Å². The minimum atomic E-state index is -0.225. The molecule has 4 nitrogen and oxygen atoms in total. The van der Waals surface area contributed by atoms with Gasteiger partial charge in [-0.15, -0.1) is 0 Å².